The molecule has 1 aromatic carbocycles. The molecule has 5 heteroatoms. The zero-order chi connectivity index (χ0) is 14.7. The highest BCUT2D eigenvalue weighted by Gasteiger charge is 2.17. The summed E-state index contributed by atoms with van der Waals surface area (Å²) in [5.41, 5.74) is 2.02. The van der Waals surface area contributed by atoms with Gasteiger partial charge in [-0.25, -0.2) is 4.98 Å². The number of fused-ring (bicyclic) bond motifs is 1. The van der Waals surface area contributed by atoms with Gasteiger partial charge in [0.05, 0.1) is 16.9 Å². The molecule has 1 heterocycles. The predicted octanol–water partition coefficient (Wildman–Crippen LogP) is 4.33. The van der Waals surface area contributed by atoms with Crippen LogP contribution in [0.15, 0.2) is 18.2 Å². The maximum atomic E-state index is 6.12. The normalized spacial score (nSPS) is 13.3. The van der Waals surface area contributed by atoms with E-state index in [9.17, 15) is 0 Å². The van der Waals surface area contributed by atoms with Crippen molar-refractivity contribution in [1.82, 2.24) is 14.5 Å². The summed E-state index contributed by atoms with van der Waals surface area (Å²) in [4.78, 5) is 7.01. The summed E-state index contributed by atoms with van der Waals surface area (Å²) >= 11 is 12.2. The van der Waals surface area contributed by atoms with E-state index in [2.05, 4.69) is 35.2 Å². The van der Waals surface area contributed by atoms with Crippen molar-refractivity contribution in [3.63, 3.8) is 0 Å². The molecular formula is C15H21Cl2N3. The highest BCUT2D eigenvalue weighted by molar-refractivity contribution is 6.31. The van der Waals surface area contributed by atoms with E-state index in [1.54, 1.807) is 0 Å². The molecule has 2 rings (SSSR count). The second kappa shape index (κ2) is 6.79. The highest BCUT2D eigenvalue weighted by atomic mass is 35.5. The molecule has 0 aliphatic heterocycles. The topological polar surface area (TPSA) is 21.1 Å². The summed E-state index contributed by atoms with van der Waals surface area (Å²) in [6.45, 7) is 9.64. The maximum Gasteiger partial charge on any atom is 0.125 e. The molecule has 0 saturated carbocycles. The first-order chi connectivity index (χ1) is 9.60. The molecule has 0 radical (unpaired) electrons. The van der Waals surface area contributed by atoms with Crippen LogP contribution in [0.25, 0.3) is 11.0 Å². The van der Waals surface area contributed by atoms with Crippen LogP contribution >= 0.6 is 23.2 Å². The first kappa shape index (κ1) is 15.6. The number of alkyl halides is 1. The van der Waals surface area contributed by atoms with Crippen LogP contribution in [0.5, 0.6) is 0 Å². The monoisotopic (exact) mass is 313 g/mol. The molecule has 0 amide bonds. The van der Waals surface area contributed by atoms with Gasteiger partial charge >= 0.3 is 0 Å². The third-order valence-electron chi connectivity index (χ3n) is 3.70. The molecule has 3 nitrogen and oxygen atoms in total. The number of rotatable bonds is 6. The van der Waals surface area contributed by atoms with Crippen molar-refractivity contribution >= 4 is 34.2 Å². The van der Waals surface area contributed by atoms with Gasteiger partial charge in [0.25, 0.3) is 0 Å². The Bertz CT molecular complexity index is 576. The Labute approximate surface area is 130 Å². The Kier molecular flexibility index (Phi) is 5.30. The molecule has 0 fully saturated rings. The largest absolute Gasteiger partial charge is 0.323 e. The van der Waals surface area contributed by atoms with E-state index in [1.807, 2.05) is 18.2 Å². The Morgan fingerprint density at radius 2 is 2.00 bits per heavy atom. The van der Waals surface area contributed by atoms with Gasteiger partial charge in [0.1, 0.15) is 5.82 Å². The minimum absolute atomic E-state index is 0.312. The molecule has 0 bridgehead atoms. The number of hydrogen-bond donors (Lipinski definition) is 0. The molecule has 1 aromatic heterocycles. The van der Waals surface area contributed by atoms with Gasteiger partial charge in [0.15, 0.2) is 0 Å². The van der Waals surface area contributed by atoms with Crippen LogP contribution in [0.4, 0.5) is 0 Å². The summed E-state index contributed by atoms with van der Waals surface area (Å²) in [7, 11) is 0. The van der Waals surface area contributed by atoms with E-state index in [1.165, 1.54) is 0 Å². The third-order valence-corrected chi connectivity index (χ3v) is 4.18. The van der Waals surface area contributed by atoms with E-state index in [-0.39, 0.29) is 0 Å². The van der Waals surface area contributed by atoms with Crippen molar-refractivity contribution in [1.29, 1.82) is 0 Å². The van der Waals surface area contributed by atoms with Gasteiger partial charge in [-0.1, -0.05) is 25.4 Å². The predicted molar refractivity (Wildman–Crippen MR) is 86.8 cm³/mol. The van der Waals surface area contributed by atoms with Gasteiger partial charge in [-0.15, -0.1) is 11.6 Å². The standard InChI is InChI=1S/C15H21Cl2N3/c1-4-19(5-2)10-11(3)20-14-8-12(17)6-7-13(14)18-15(20)9-16/h6-8,11H,4-5,9-10H2,1-3H3. The zero-order valence-electron chi connectivity index (χ0n) is 12.2. The summed E-state index contributed by atoms with van der Waals surface area (Å²) < 4.78 is 2.21. The SMILES string of the molecule is CCN(CC)CC(C)n1c(CCl)nc2ccc(Cl)cc21. The van der Waals surface area contributed by atoms with Crippen molar-refractivity contribution in [3.05, 3.63) is 29.0 Å². The number of benzene rings is 1. The van der Waals surface area contributed by atoms with Crippen molar-refractivity contribution < 1.29 is 0 Å². The lowest BCUT2D eigenvalue weighted by atomic mass is 10.2. The van der Waals surface area contributed by atoms with Crippen molar-refractivity contribution in [2.24, 2.45) is 0 Å². The van der Waals surface area contributed by atoms with Crippen molar-refractivity contribution in [2.75, 3.05) is 19.6 Å². The average Bonchev–Trinajstić information content (AvgIpc) is 2.82. The molecule has 0 aliphatic carbocycles. The summed E-state index contributed by atoms with van der Waals surface area (Å²) in [6, 6.07) is 6.11. The number of halogens is 2. The Morgan fingerprint density at radius 1 is 1.30 bits per heavy atom. The Hall–Kier alpha value is -0.770. The number of imidazole rings is 1. The lowest BCUT2D eigenvalue weighted by molar-refractivity contribution is 0.262. The Balaban J connectivity index is 2.42. The van der Waals surface area contributed by atoms with Crippen LogP contribution in [0.2, 0.25) is 5.02 Å². The van der Waals surface area contributed by atoms with E-state index in [0.717, 1.165) is 41.5 Å². The van der Waals surface area contributed by atoms with Crippen LogP contribution in [-0.4, -0.2) is 34.1 Å². The summed E-state index contributed by atoms with van der Waals surface area (Å²) in [6.07, 6.45) is 0. The van der Waals surface area contributed by atoms with Crippen LogP contribution in [0.3, 0.4) is 0 Å². The lowest BCUT2D eigenvalue weighted by Gasteiger charge is -2.25. The van der Waals surface area contributed by atoms with Crippen molar-refractivity contribution in [3.8, 4) is 0 Å². The van der Waals surface area contributed by atoms with Gasteiger partial charge in [-0.2, -0.15) is 0 Å². The quantitative estimate of drug-likeness (QED) is 0.740. The van der Waals surface area contributed by atoms with Crippen LogP contribution < -0.4 is 0 Å². The molecule has 110 valence electrons. The molecule has 0 aliphatic rings. The molecule has 0 N–H and O–H groups in total. The smallest absolute Gasteiger partial charge is 0.125 e. The van der Waals surface area contributed by atoms with Gasteiger partial charge in [0.2, 0.25) is 0 Å². The highest BCUT2D eigenvalue weighted by Crippen LogP contribution is 2.25. The van der Waals surface area contributed by atoms with Gasteiger partial charge < -0.3 is 9.47 Å². The first-order valence-electron chi connectivity index (χ1n) is 7.05. The molecule has 0 spiro atoms. The number of likely N-dealkylation sites (N-methyl/N-ethyl adjacent to an activating group) is 1. The molecule has 1 unspecified atom stereocenters. The van der Waals surface area contributed by atoms with Gasteiger partial charge in [-0.3, -0.25) is 0 Å². The number of nitrogens with zero attached hydrogens (tertiary/aromatic N) is 3. The number of hydrogen-bond acceptors (Lipinski definition) is 2. The number of aromatic nitrogens is 2. The van der Waals surface area contributed by atoms with E-state index in [0.29, 0.717) is 11.9 Å². The molecule has 0 saturated heterocycles. The summed E-state index contributed by atoms with van der Waals surface area (Å²) in [5.74, 6) is 1.32. The van der Waals surface area contributed by atoms with E-state index >= 15 is 0 Å². The fourth-order valence-corrected chi connectivity index (χ4v) is 2.99. The van der Waals surface area contributed by atoms with Gasteiger partial charge in [-0.05, 0) is 38.2 Å². The van der Waals surface area contributed by atoms with Crippen molar-refractivity contribution in [2.45, 2.75) is 32.7 Å². The van der Waals surface area contributed by atoms with E-state index < -0.39 is 0 Å². The van der Waals surface area contributed by atoms with Crippen LogP contribution in [0, 0.1) is 0 Å². The fourth-order valence-electron chi connectivity index (χ4n) is 2.64. The van der Waals surface area contributed by atoms with Crippen LogP contribution in [0.1, 0.15) is 32.6 Å². The molecule has 1 atom stereocenters. The second-order valence-corrected chi connectivity index (χ2v) is 5.70. The summed E-state index contributed by atoms with van der Waals surface area (Å²) in [5, 5.41) is 0.731. The molecule has 2 aromatic rings. The van der Waals surface area contributed by atoms with Gasteiger partial charge in [0, 0.05) is 17.6 Å². The fraction of sp³-hybridized carbons (Fsp3) is 0.533. The average molecular weight is 314 g/mol. The lowest BCUT2D eigenvalue weighted by Crippen LogP contribution is -2.30. The Morgan fingerprint density at radius 3 is 2.60 bits per heavy atom. The first-order valence-corrected chi connectivity index (χ1v) is 7.96. The molecule has 20 heavy (non-hydrogen) atoms. The van der Waals surface area contributed by atoms with E-state index in [4.69, 9.17) is 23.2 Å². The zero-order valence-corrected chi connectivity index (χ0v) is 13.7. The van der Waals surface area contributed by atoms with Crippen LogP contribution in [-0.2, 0) is 5.88 Å². The minimum atomic E-state index is 0.312. The maximum absolute atomic E-state index is 6.12. The minimum Gasteiger partial charge on any atom is -0.323 e. The third kappa shape index (κ3) is 3.11. The second-order valence-electron chi connectivity index (χ2n) is 5.00. The molecular weight excluding hydrogens is 293 g/mol.